The van der Waals surface area contributed by atoms with Gasteiger partial charge in [-0.25, -0.2) is 0 Å². The number of carbonyl (C=O) groups excluding carboxylic acids is 1. The van der Waals surface area contributed by atoms with Crippen LogP contribution in [-0.4, -0.2) is 36.2 Å². The highest BCUT2D eigenvalue weighted by molar-refractivity contribution is 7.98. The molecule has 1 heterocycles. The summed E-state index contributed by atoms with van der Waals surface area (Å²) in [6, 6.07) is 1.86. The molecule has 2 N–H and O–H groups in total. The van der Waals surface area contributed by atoms with Gasteiger partial charge in [0.05, 0.1) is 9.75 Å². The Morgan fingerprint density at radius 1 is 1.38 bits per heavy atom. The van der Waals surface area contributed by atoms with E-state index in [1.165, 1.54) is 29.9 Å². The third kappa shape index (κ3) is 7.03. The molecular formula is C16H23NO2S2. The minimum absolute atomic E-state index is 0.0238. The molecule has 1 aromatic rings. The van der Waals surface area contributed by atoms with Gasteiger partial charge in [0.1, 0.15) is 6.61 Å². The minimum atomic E-state index is -0.157. The van der Waals surface area contributed by atoms with Gasteiger partial charge < -0.3 is 10.4 Å². The van der Waals surface area contributed by atoms with Crippen molar-refractivity contribution in [2.75, 3.05) is 25.2 Å². The van der Waals surface area contributed by atoms with Crippen molar-refractivity contribution >= 4 is 29.0 Å². The maximum Gasteiger partial charge on any atom is 0.261 e. The van der Waals surface area contributed by atoms with Crippen molar-refractivity contribution in [1.82, 2.24) is 5.32 Å². The van der Waals surface area contributed by atoms with Crippen molar-refractivity contribution in [3.63, 3.8) is 0 Å². The van der Waals surface area contributed by atoms with E-state index in [1.54, 1.807) is 0 Å². The number of hydrogen-bond acceptors (Lipinski definition) is 4. The van der Waals surface area contributed by atoms with E-state index in [4.69, 9.17) is 5.11 Å². The predicted molar refractivity (Wildman–Crippen MR) is 92.2 cm³/mol. The van der Waals surface area contributed by atoms with E-state index >= 15 is 0 Å². The van der Waals surface area contributed by atoms with Gasteiger partial charge in [0.2, 0.25) is 0 Å². The lowest BCUT2D eigenvalue weighted by molar-refractivity contribution is 0.0957. The number of aliphatic hydroxyl groups is 1. The molecule has 5 heteroatoms. The number of hydrogen-bond donors (Lipinski definition) is 2. The fourth-order valence-electron chi connectivity index (χ4n) is 1.85. The van der Waals surface area contributed by atoms with E-state index in [-0.39, 0.29) is 12.5 Å². The molecule has 1 rings (SSSR count). The molecule has 0 unspecified atom stereocenters. The van der Waals surface area contributed by atoms with Crippen molar-refractivity contribution in [2.45, 2.75) is 32.6 Å². The maximum atomic E-state index is 12.0. The van der Waals surface area contributed by atoms with Crippen LogP contribution in [0.5, 0.6) is 0 Å². The molecule has 0 radical (unpaired) electrons. The zero-order valence-corrected chi connectivity index (χ0v) is 14.3. The molecule has 0 aliphatic heterocycles. The topological polar surface area (TPSA) is 49.3 Å². The van der Waals surface area contributed by atoms with Gasteiger partial charge in [0.15, 0.2) is 0 Å². The average Bonchev–Trinajstić information content (AvgIpc) is 2.85. The van der Waals surface area contributed by atoms with Crippen LogP contribution in [-0.2, 0) is 0 Å². The molecule has 3 nitrogen and oxygen atoms in total. The number of aryl methyl sites for hydroxylation is 1. The van der Waals surface area contributed by atoms with E-state index in [1.807, 2.05) is 24.8 Å². The first kappa shape index (κ1) is 18.1. The summed E-state index contributed by atoms with van der Waals surface area (Å²) in [5.74, 6) is 6.68. The van der Waals surface area contributed by atoms with Crippen LogP contribution in [0, 0.1) is 18.8 Å². The maximum absolute atomic E-state index is 12.0. The Morgan fingerprint density at radius 2 is 2.14 bits per heavy atom. The number of amides is 1. The third-order valence-electron chi connectivity index (χ3n) is 2.98. The Balaban J connectivity index is 2.32. The fraction of sp³-hybridized carbons (Fsp3) is 0.562. The first-order chi connectivity index (χ1) is 10.2. The van der Waals surface area contributed by atoms with Gasteiger partial charge in [-0.15, -0.1) is 11.3 Å². The molecule has 0 fully saturated rings. The van der Waals surface area contributed by atoms with Crippen LogP contribution in [0.2, 0.25) is 0 Å². The van der Waals surface area contributed by atoms with Crippen LogP contribution in [0.1, 0.15) is 45.8 Å². The van der Waals surface area contributed by atoms with Gasteiger partial charge in [-0.1, -0.05) is 24.7 Å². The number of carbonyl (C=O) groups is 1. The summed E-state index contributed by atoms with van der Waals surface area (Å²) < 4.78 is 0. The minimum Gasteiger partial charge on any atom is -0.384 e. The summed E-state index contributed by atoms with van der Waals surface area (Å²) in [6.45, 7) is 2.50. The first-order valence-electron chi connectivity index (χ1n) is 7.16. The molecule has 0 saturated heterocycles. The number of rotatable bonds is 8. The second-order valence-corrected chi connectivity index (χ2v) is 6.78. The second-order valence-electron chi connectivity index (χ2n) is 4.75. The first-order valence-corrected chi connectivity index (χ1v) is 9.37. The Labute approximate surface area is 135 Å². The predicted octanol–water partition coefficient (Wildman–Crippen LogP) is 3.05. The van der Waals surface area contributed by atoms with Crippen molar-refractivity contribution < 1.29 is 9.90 Å². The van der Waals surface area contributed by atoms with E-state index in [0.717, 1.165) is 29.8 Å². The summed E-state index contributed by atoms with van der Waals surface area (Å²) in [5.41, 5.74) is 0.989. The van der Waals surface area contributed by atoms with Gasteiger partial charge in [0, 0.05) is 6.54 Å². The molecule has 0 spiro atoms. The van der Waals surface area contributed by atoms with Crippen LogP contribution in [0.3, 0.4) is 0 Å². The lowest BCUT2D eigenvalue weighted by Crippen LogP contribution is -2.23. The third-order valence-corrected chi connectivity index (χ3v) is 4.83. The van der Waals surface area contributed by atoms with E-state index in [9.17, 15) is 4.79 Å². The quantitative estimate of drug-likeness (QED) is 0.570. The van der Waals surface area contributed by atoms with Gasteiger partial charge in [0.25, 0.3) is 5.91 Å². The molecular weight excluding hydrogens is 302 g/mol. The Hall–Kier alpha value is -0.960. The van der Waals surface area contributed by atoms with Crippen LogP contribution in [0.4, 0.5) is 0 Å². The summed E-state index contributed by atoms with van der Waals surface area (Å²) in [6.07, 6.45) is 6.81. The lowest BCUT2D eigenvalue weighted by Gasteiger charge is -2.03. The average molecular weight is 325 g/mol. The molecule has 0 saturated carbocycles. The van der Waals surface area contributed by atoms with E-state index < -0.39 is 0 Å². The van der Waals surface area contributed by atoms with Crippen molar-refractivity contribution in [1.29, 1.82) is 0 Å². The van der Waals surface area contributed by atoms with Crippen molar-refractivity contribution in [3.05, 3.63) is 21.4 Å². The van der Waals surface area contributed by atoms with Crippen LogP contribution < -0.4 is 5.32 Å². The van der Waals surface area contributed by atoms with Crippen LogP contribution >= 0.6 is 23.1 Å². The van der Waals surface area contributed by atoms with E-state index in [0.29, 0.717) is 4.88 Å². The monoisotopic (exact) mass is 325 g/mol. The molecule has 0 aliphatic carbocycles. The Bertz CT molecular complexity index is 500. The molecule has 0 atom stereocenters. The molecule has 1 aromatic heterocycles. The number of aliphatic hydroxyl groups excluding tert-OH is 1. The highest BCUT2D eigenvalue weighted by Crippen LogP contribution is 2.20. The standard InChI is InChI=1S/C16H23NO2S2/c1-13-12-15(21-14(13)8-7-10-18)16(19)17-9-5-3-4-6-11-20-2/h12,18H,3-6,9-11H2,1-2H3,(H,17,19). The van der Waals surface area contributed by atoms with Gasteiger partial charge in [-0.05, 0) is 43.4 Å². The summed E-state index contributed by atoms with van der Waals surface area (Å²) in [4.78, 5) is 13.6. The van der Waals surface area contributed by atoms with Crippen LogP contribution in [0.25, 0.3) is 0 Å². The highest BCUT2D eigenvalue weighted by atomic mass is 32.2. The van der Waals surface area contributed by atoms with Crippen molar-refractivity contribution in [2.24, 2.45) is 0 Å². The molecule has 0 aliphatic rings. The zero-order chi connectivity index (χ0) is 15.5. The summed E-state index contributed by atoms with van der Waals surface area (Å²) >= 11 is 3.26. The van der Waals surface area contributed by atoms with Crippen LogP contribution in [0.15, 0.2) is 6.07 Å². The fourth-order valence-corrected chi connectivity index (χ4v) is 3.31. The van der Waals surface area contributed by atoms with Gasteiger partial charge in [-0.2, -0.15) is 11.8 Å². The second kappa shape index (κ2) is 10.7. The molecule has 116 valence electrons. The number of nitrogens with one attached hydrogen (secondary N) is 1. The number of thiophene rings is 1. The van der Waals surface area contributed by atoms with E-state index in [2.05, 4.69) is 23.4 Å². The molecule has 1 amide bonds. The molecule has 21 heavy (non-hydrogen) atoms. The Morgan fingerprint density at radius 3 is 2.86 bits per heavy atom. The van der Waals surface area contributed by atoms with Crippen molar-refractivity contribution in [3.8, 4) is 11.8 Å². The highest BCUT2D eigenvalue weighted by Gasteiger charge is 2.10. The zero-order valence-electron chi connectivity index (χ0n) is 12.7. The molecule has 0 aromatic carbocycles. The normalized spacial score (nSPS) is 10.0. The largest absolute Gasteiger partial charge is 0.384 e. The summed E-state index contributed by atoms with van der Waals surface area (Å²) in [5, 5.41) is 11.7. The number of thioether (sulfide) groups is 1. The smallest absolute Gasteiger partial charge is 0.261 e. The van der Waals surface area contributed by atoms with Gasteiger partial charge in [-0.3, -0.25) is 4.79 Å². The summed E-state index contributed by atoms with van der Waals surface area (Å²) in [7, 11) is 0. The molecule has 0 bridgehead atoms. The Kier molecular flexibility index (Phi) is 9.24. The van der Waals surface area contributed by atoms with Gasteiger partial charge >= 0.3 is 0 Å². The SMILES string of the molecule is CSCCCCCCNC(=O)c1cc(C)c(C#CCO)s1. The lowest BCUT2D eigenvalue weighted by atomic mass is 10.2. The number of unbranched alkanes of at least 4 members (excludes halogenated alkanes) is 3.